The molecular weight excluding hydrogens is 272 g/mol. The van der Waals surface area contributed by atoms with Crippen LogP contribution in [0.3, 0.4) is 0 Å². The first kappa shape index (κ1) is 13.6. The number of nitrogens with one attached hydrogen (secondary N) is 2. The molecule has 1 saturated carbocycles. The molecular formula is C15H16N2O4. The van der Waals surface area contributed by atoms with Crippen LogP contribution in [-0.4, -0.2) is 29.4 Å². The topological polar surface area (TPSA) is 95.5 Å². The number of hydrogen-bond donors (Lipinski definition) is 3. The van der Waals surface area contributed by atoms with Crippen molar-refractivity contribution in [2.75, 3.05) is 11.9 Å². The number of carboxylic acid groups (broad SMARTS) is 1. The molecule has 110 valence electrons. The molecule has 0 saturated heterocycles. The molecule has 1 fully saturated rings. The standard InChI is InChI=1S/C15H16N2O4/c18-12-7-10-6-9(2-3-11(10)17-12)13(19)16-8-15(14(20)21)4-1-5-15/h2-3,6H,1,4-5,7-8H2,(H,16,19)(H,17,18)(H,20,21). The molecule has 0 radical (unpaired) electrons. The summed E-state index contributed by atoms with van der Waals surface area (Å²) in [6.45, 7) is 0.148. The highest BCUT2D eigenvalue weighted by Crippen LogP contribution is 2.40. The zero-order valence-electron chi connectivity index (χ0n) is 11.4. The van der Waals surface area contributed by atoms with Gasteiger partial charge in [-0.2, -0.15) is 0 Å². The van der Waals surface area contributed by atoms with Gasteiger partial charge in [-0.1, -0.05) is 6.42 Å². The van der Waals surface area contributed by atoms with Gasteiger partial charge >= 0.3 is 5.97 Å². The molecule has 0 unspecified atom stereocenters. The number of fused-ring (bicyclic) bond motifs is 1. The maximum Gasteiger partial charge on any atom is 0.311 e. The number of benzene rings is 1. The number of carbonyl (C=O) groups excluding carboxylic acids is 2. The van der Waals surface area contributed by atoms with Crippen LogP contribution in [0, 0.1) is 5.41 Å². The zero-order valence-corrected chi connectivity index (χ0v) is 11.4. The summed E-state index contributed by atoms with van der Waals surface area (Å²) in [6, 6.07) is 5.01. The zero-order chi connectivity index (χ0) is 15.0. The van der Waals surface area contributed by atoms with E-state index in [2.05, 4.69) is 10.6 Å². The van der Waals surface area contributed by atoms with Crippen LogP contribution < -0.4 is 10.6 Å². The Balaban J connectivity index is 1.68. The molecule has 2 aliphatic rings. The fraction of sp³-hybridized carbons (Fsp3) is 0.400. The summed E-state index contributed by atoms with van der Waals surface area (Å²) in [6.07, 6.45) is 2.36. The predicted octanol–water partition coefficient (Wildman–Crippen LogP) is 1.17. The summed E-state index contributed by atoms with van der Waals surface area (Å²) in [5.74, 6) is -1.23. The third-order valence-electron chi connectivity index (χ3n) is 4.34. The molecule has 3 N–H and O–H groups in total. The van der Waals surface area contributed by atoms with Gasteiger partial charge in [-0.05, 0) is 36.6 Å². The monoisotopic (exact) mass is 288 g/mol. The van der Waals surface area contributed by atoms with Crippen molar-refractivity contribution in [2.45, 2.75) is 25.7 Å². The summed E-state index contributed by atoms with van der Waals surface area (Å²) in [5.41, 5.74) is 1.18. The van der Waals surface area contributed by atoms with E-state index in [1.54, 1.807) is 18.2 Å². The smallest absolute Gasteiger partial charge is 0.311 e. The fourth-order valence-corrected chi connectivity index (χ4v) is 2.79. The van der Waals surface area contributed by atoms with Gasteiger partial charge in [0.15, 0.2) is 0 Å². The molecule has 0 aromatic heterocycles. The molecule has 0 spiro atoms. The number of carbonyl (C=O) groups is 3. The molecule has 1 aliphatic heterocycles. The molecule has 6 heteroatoms. The maximum atomic E-state index is 12.1. The van der Waals surface area contributed by atoms with Crippen LogP contribution >= 0.6 is 0 Å². The lowest BCUT2D eigenvalue weighted by Crippen LogP contribution is -2.47. The van der Waals surface area contributed by atoms with Gasteiger partial charge in [-0.25, -0.2) is 0 Å². The largest absolute Gasteiger partial charge is 0.481 e. The van der Waals surface area contributed by atoms with E-state index in [0.717, 1.165) is 17.7 Å². The third kappa shape index (κ3) is 2.37. The van der Waals surface area contributed by atoms with E-state index in [9.17, 15) is 19.5 Å². The van der Waals surface area contributed by atoms with E-state index < -0.39 is 11.4 Å². The van der Waals surface area contributed by atoms with Gasteiger partial charge in [0.2, 0.25) is 5.91 Å². The third-order valence-corrected chi connectivity index (χ3v) is 4.34. The van der Waals surface area contributed by atoms with Crippen molar-refractivity contribution < 1.29 is 19.5 Å². The van der Waals surface area contributed by atoms with Crippen LogP contribution in [0.5, 0.6) is 0 Å². The first-order valence-corrected chi connectivity index (χ1v) is 6.95. The minimum Gasteiger partial charge on any atom is -0.481 e. The maximum absolute atomic E-state index is 12.1. The van der Waals surface area contributed by atoms with Gasteiger partial charge in [0, 0.05) is 17.8 Å². The van der Waals surface area contributed by atoms with Crippen molar-refractivity contribution in [3.8, 4) is 0 Å². The average Bonchev–Trinajstić information content (AvgIpc) is 2.75. The Morgan fingerprint density at radius 3 is 2.71 bits per heavy atom. The molecule has 1 aromatic rings. The first-order chi connectivity index (χ1) is 10.00. The van der Waals surface area contributed by atoms with Crippen LogP contribution in [-0.2, 0) is 16.0 Å². The summed E-state index contributed by atoms with van der Waals surface area (Å²) in [7, 11) is 0. The summed E-state index contributed by atoms with van der Waals surface area (Å²) >= 11 is 0. The Morgan fingerprint density at radius 2 is 2.10 bits per heavy atom. The van der Waals surface area contributed by atoms with E-state index in [-0.39, 0.29) is 24.8 Å². The van der Waals surface area contributed by atoms with Crippen LogP contribution in [0.4, 0.5) is 5.69 Å². The van der Waals surface area contributed by atoms with Gasteiger partial charge in [0.25, 0.3) is 5.91 Å². The molecule has 2 amide bonds. The molecule has 1 heterocycles. The minimum atomic E-state index is -0.849. The van der Waals surface area contributed by atoms with Crippen LogP contribution in [0.1, 0.15) is 35.2 Å². The Bertz CT molecular complexity index is 635. The number of carboxylic acids is 1. The first-order valence-electron chi connectivity index (χ1n) is 6.95. The van der Waals surface area contributed by atoms with Gasteiger partial charge < -0.3 is 15.7 Å². The Labute approximate surface area is 121 Å². The average molecular weight is 288 g/mol. The molecule has 0 bridgehead atoms. The second kappa shape index (κ2) is 4.87. The summed E-state index contributed by atoms with van der Waals surface area (Å²) in [5, 5.41) is 14.6. The number of amides is 2. The SMILES string of the molecule is O=C1Cc2cc(C(=O)NCC3(C(=O)O)CCC3)ccc2N1. The quantitative estimate of drug-likeness (QED) is 0.775. The summed E-state index contributed by atoms with van der Waals surface area (Å²) < 4.78 is 0. The molecule has 6 nitrogen and oxygen atoms in total. The second-order valence-electron chi connectivity index (χ2n) is 5.72. The Morgan fingerprint density at radius 1 is 1.33 bits per heavy atom. The normalized spacial score (nSPS) is 18.4. The van der Waals surface area contributed by atoms with Crippen LogP contribution in [0.25, 0.3) is 0 Å². The molecule has 3 rings (SSSR count). The number of hydrogen-bond acceptors (Lipinski definition) is 3. The van der Waals surface area contributed by atoms with Gasteiger partial charge in [-0.15, -0.1) is 0 Å². The van der Waals surface area contributed by atoms with E-state index in [1.807, 2.05) is 0 Å². The van der Waals surface area contributed by atoms with Crippen LogP contribution in [0.15, 0.2) is 18.2 Å². The van der Waals surface area contributed by atoms with E-state index in [4.69, 9.17) is 0 Å². The van der Waals surface area contributed by atoms with Crippen molar-refractivity contribution in [3.05, 3.63) is 29.3 Å². The number of rotatable bonds is 4. The van der Waals surface area contributed by atoms with Gasteiger partial charge in [0.05, 0.1) is 11.8 Å². The molecule has 1 aliphatic carbocycles. The van der Waals surface area contributed by atoms with Gasteiger partial charge in [0.1, 0.15) is 0 Å². The van der Waals surface area contributed by atoms with Crippen molar-refractivity contribution in [3.63, 3.8) is 0 Å². The van der Waals surface area contributed by atoms with Crippen LogP contribution in [0.2, 0.25) is 0 Å². The van der Waals surface area contributed by atoms with Gasteiger partial charge in [-0.3, -0.25) is 14.4 Å². The molecule has 1 aromatic carbocycles. The lowest BCUT2D eigenvalue weighted by Gasteiger charge is -2.37. The van der Waals surface area contributed by atoms with Crippen molar-refractivity contribution in [1.82, 2.24) is 5.32 Å². The lowest BCUT2D eigenvalue weighted by atomic mass is 9.69. The van der Waals surface area contributed by atoms with E-state index >= 15 is 0 Å². The minimum absolute atomic E-state index is 0.0816. The predicted molar refractivity (Wildman–Crippen MR) is 75.0 cm³/mol. The van der Waals surface area contributed by atoms with E-state index in [0.29, 0.717) is 18.4 Å². The molecule has 21 heavy (non-hydrogen) atoms. The van der Waals surface area contributed by atoms with E-state index in [1.165, 1.54) is 0 Å². The number of aliphatic carboxylic acids is 1. The highest BCUT2D eigenvalue weighted by atomic mass is 16.4. The Kier molecular flexibility index (Phi) is 3.16. The second-order valence-corrected chi connectivity index (χ2v) is 5.72. The lowest BCUT2D eigenvalue weighted by molar-refractivity contribution is -0.153. The Hall–Kier alpha value is -2.37. The fourth-order valence-electron chi connectivity index (χ4n) is 2.79. The highest BCUT2D eigenvalue weighted by Gasteiger charge is 2.44. The highest BCUT2D eigenvalue weighted by molar-refractivity contribution is 6.01. The van der Waals surface area contributed by atoms with Crippen molar-refractivity contribution >= 4 is 23.5 Å². The van der Waals surface area contributed by atoms with Crippen molar-refractivity contribution in [1.29, 1.82) is 0 Å². The molecule has 0 atom stereocenters. The van der Waals surface area contributed by atoms with Crippen molar-refractivity contribution in [2.24, 2.45) is 5.41 Å². The summed E-state index contributed by atoms with van der Waals surface area (Å²) in [4.78, 5) is 34.7. The number of anilines is 1.